The lowest BCUT2D eigenvalue weighted by atomic mass is 10.1. The van der Waals surface area contributed by atoms with Crippen molar-refractivity contribution in [3.63, 3.8) is 0 Å². The number of carbonyl (C=O) groups excluding carboxylic acids is 1. The summed E-state index contributed by atoms with van der Waals surface area (Å²) < 4.78 is 18.9. The van der Waals surface area contributed by atoms with Crippen LogP contribution in [0.25, 0.3) is 0 Å². The molecule has 4 nitrogen and oxygen atoms in total. The van der Waals surface area contributed by atoms with Gasteiger partial charge in [-0.2, -0.15) is 0 Å². The first kappa shape index (κ1) is 17.0. The molecule has 0 unspecified atom stereocenters. The average Bonchev–Trinajstić information content (AvgIpc) is 3.03. The summed E-state index contributed by atoms with van der Waals surface area (Å²) in [6.07, 6.45) is 1.48. The minimum absolute atomic E-state index is 0.138. The largest absolute Gasteiger partial charge is 0.493 e. The fourth-order valence-corrected chi connectivity index (χ4v) is 3.69. The van der Waals surface area contributed by atoms with Crippen molar-refractivity contribution in [2.75, 3.05) is 26.2 Å². The van der Waals surface area contributed by atoms with Crippen LogP contribution in [0.5, 0.6) is 5.75 Å². The molecule has 1 saturated heterocycles. The minimum Gasteiger partial charge on any atom is -0.493 e. The number of carbonyl (C=O) groups is 1. The highest BCUT2D eigenvalue weighted by Gasteiger charge is 2.21. The van der Waals surface area contributed by atoms with Crippen LogP contribution in [0.2, 0.25) is 0 Å². The van der Waals surface area contributed by atoms with Crippen LogP contribution in [0.3, 0.4) is 0 Å². The Hall–Kier alpha value is -2.40. The summed E-state index contributed by atoms with van der Waals surface area (Å²) in [6, 6.07) is 12.9. The highest BCUT2D eigenvalue weighted by molar-refractivity contribution is 5.76. The third-order valence-corrected chi connectivity index (χ3v) is 5.10. The van der Waals surface area contributed by atoms with Gasteiger partial charge in [-0.05, 0) is 34.9 Å². The number of halogens is 1. The third-order valence-electron chi connectivity index (χ3n) is 5.10. The quantitative estimate of drug-likeness (QED) is 0.846. The molecule has 136 valence electrons. The van der Waals surface area contributed by atoms with E-state index in [1.165, 1.54) is 23.3 Å². The monoisotopic (exact) mass is 354 g/mol. The molecule has 2 aliphatic rings. The van der Waals surface area contributed by atoms with Crippen molar-refractivity contribution in [1.29, 1.82) is 0 Å². The van der Waals surface area contributed by atoms with Crippen molar-refractivity contribution in [3.8, 4) is 5.75 Å². The summed E-state index contributed by atoms with van der Waals surface area (Å²) in [5, 5.41) is 0. The number of hydrogen-bond acceptors (Lipinski definition) is 3. The normalized spacial score (nSPS) is 17.7. The molecule has 0 spiro atoms. The molecular formula is C21H23FN2O2. The minimum atomic E-state index is -0.257. The maximum atomic E-state index is 13.4. The highest BCUT2D eigenvalue weighted by atomic mass is 19.1. The van der Waals surface area contributed by atoms with E-state index in [-0.39, 0.29) is 11.7 Å². The molecule has 0 bridgehead atoms. The van der Waals surface area contributed by atoms with Gasteiger partial charge in [0.25, 0.3) is 0 Å². The van der Waals surface area contributed by atoms with E-state index < -0.39 is 0 Å². The zero-order valence-corrected chi connectivity index (χ0v) is 14.8. The van der Waals surface area contributed by atoms with Gasteiger partial charge in [0.05, 0.1) is 6.61 Å². The summed E-state index contributed by atoms with van der Waals surface area (Å²) in [5.41, 5.74) is 3.38. The van der Waals surface area contributed by atoms with Crippen LogP contribution in [0.1, 0.15) is 23.1 Å². The Labute approximate surface area is 153 Å². The first-order chi connectivity index (χ1) is 12.7. The van der Waals surface area contributed by atoms with Gasteiger partial charge in [0.2, 0.25) is 5.91 Å². The topological polar surface area (TPSA) is 32.8 Å². The molecule has 0 aromatic heterocycles. The first-order valence-corrected chi connectivity index (χ1v) is 9.16. The van der Waals surface area contributed by atoms with Crippen molar-refractivity contribution in [2.24, 2.45) is 0 Å². The standard InChI is InChI=1S/C21H23FN2O2/c22-19-3-1-2-16(13-19)15-24-10-9-23(8-6-21(24)25)14-17-4-5-20-18(12-17)7-11-26-20/h1-5,12-13H,6-11,14-15H2. The van der Waals surface area contributed by atoms with Gasteiger partial charge < -0.3 is 9.64 Å². The van der Waals surface area contributed by atoms with Crippen molar-refractivity contribution >= 4 is 5.91 Å². The van der Waals surface area contributed by atoms with Crippen molar-refractivity contribution in [3.05, 3.63) is 65.0 Å². The number of fused-ring (bicyclic) bond motifs is 1. The molecule has 0 N–H and O–H groups in total. The van der Waals surface area contributed by atoms with Crippen LogP contribution < -0.4 is 4.74 Å². The fourth-order valence-electron chi connectivity index (χ4n) is 3.69. The van der Waals surface area contributed by atoms with Gasteiger partial charge in [0.1, 0.15) is 11.6 Å². The molecular weight excluding hydrogens is 331 g/mol. The molecule has 26 heavy (non-hydrogen) atoms. The summed E-state index contributed by atoms with van der Waals surface area (Å²) in [6.45, 7) is 4.34. The summed E-state index contributed by atoms with van der Waals surface area (Å²) in [7, 11) is 0. The maximum Gasteiger partial charge on any atom is 0.224 e. The molecule has 2 aliphatic heterocycles. The van der Waals surface area contributed by atoms with Gasteiger partial charge in [0, 0.05) is 45.6 Å². The predicted octanol–water partition coefficient (Wildman–Crippen LogP) is 3.00. The molecule has 0 radical (unpaired) electrons. The third kappa shape index (κ3) is 3.88. The molecule has 4 rings (SSSR count). The van der Waals surface area contributed by atoms with E-state index in [0.29, 0.717) is 19.5 Å². The Kier molecular flexibility index (Phi) is 4.89. The summed E-state index contributed by atoms with van der Waals surface area (Å²) in [5.74, 6) is 0.882. The van der Waals surface area contributed by atoms with Crippen LogP contribution >= 0.6 is 0 Å². The Morgan fingerprint density at radius 3 is 2.73 bits per heavy atom. The smallest absolute Gasteiger partial charge is 0.224 e. The van der Waals surface area contributed by atoms with Crippen molar-refractivity contribution < 1.29 is 13.9 Å². The van der Waals surface area contributed by atoms with Crippen LogP contribution in [0.15, 0.2) is 42.5 Å². The van der Waals surface area contributed by atoms with E-state index >= 15 is 0 Å². The second kappa shape index (κ2) is 7.46. The van der Waals surface area contributed by atoms with E-state index in [4.69, 9.17) is 4.74 Å². The van der Waals surface area contributed by atoms with E-state index in [9.17, 15) is 9.18 Å². The molecule has 0 atom stereocenters. The van der Waals surface area contributed by atoms with Gasteiger partial charge in [-0.25, -0.2) is 4.39 Å². The Bertz CT molecular complexity index is 808. The average molecular weight is 354 g/mol. The predicted molar refractivity (Wildman–Crippen MR) is 97.4 cm³/mol. The van der Waals surface area contributed by atoms with Gasteiger partial charge in [-0.3, -0.25) is 9.69 Å². The highest BCUT2D eigenvalue weighted by Crippen LogP contribution is 2.26. The maximum absolute atomic E-state index is 13.4. The van der Waals surface area contributed by atoms with E-state index in [0.717, 1.165) is 44.0 Å². The number of ether oxygens (including phenoxy) is 1. The van der Waals surface area contributed by atoms with E-state index in [1.54, 1.807) is 6.07 Å². The molecule has 0 aliphatic carbocycles. The van der Waals surface area contributed by atoms with E-state index in [1.807, 2.05) is 11.0 Å². The number of rotatable bonds is 4. The Morgan fingerprint density at radius 2 is 1.85 bits per heavy atom. The molecule has 2 heterocycles. The number of amides is 1. The lowest BCUT2D eigenvalue weighted by molar-refractivity contribution is -0.130. The number of nitrogens with zero attached hydrogens (tertiary/aromatic N) is 2. The molecule has 1 fully saturated rings. The SMILES string of the molecule is O=C1CCN(Cc2ccc3c(c2)CCO3)CCN1Cc1cccc(F)c1. The second-order valence-corrected chi connectivity index (χ2v) is 7.01. The Balaban J connectivity index is 1.38. The van der Waals surface area contributed by atoms with Crippen LogP contribution in [-0.2, 0) is 24.3 Å². The lowest BCUT2D eigenvalue weighted by Gasteiger charge is -2.22. The molecule has 1 amide bonds. The zero-order chi connectivity index (χ0) is 17.9. The molecule has 0 saturated carbocycles. The second-order valence-electron chi connectivity index (χ2n) is 7.01. The van der Waals surface area contributed by atoms with Crippen LogP contribution in [0.4, 0.5) is 4.39 Å². The van der Waals surface area contributed by atoms with Crippen molar-refractivity contribution in [2.45, 2.75) is 25.9 Å². The first-order valence-electron chi connectivity index (χ1n) is 9.16. The fraction of sp³-hybridized carbons (Fsp3) is 0.381. The van der Waals surface area contributed by atoms with Gasteiger partial charge in [-0.1, -0.05) is 24.3 Å². The lowest BCUT2D eigenvalue weighted by Crippen LogP contribution is -2.32. The Morgan fingerprint density at radius 1 is 0.962 bits per heavy atom. The van der Waals surface area contributed by atoms with Crippen LogP contribution in [0, 0.1) is 5.82 Å². The van der Waals surface area contributed by atoms with Crippen LogP contribution in [-0.4, -0.2) is 41.9 Å². The van der Waals surface area contributed by atoms with Gasteiger partial charge >= 0.3 is 0 Å². The van der Waals surface area contributed by atoms with Gasteiger partial charge in [0.15, 0.2) is 0 Å². The summed E-state index contributed by atoms with van der Waals surface area (Å²) >= 11 is 0. The number of benzene rings is 2. The molecule has 5 heteroatoms. The molecule has 2 aromatic carbocycles. The number of hydrogen-bond donors (Lipinski definition) is 0. The van der Waals surface area contributed by atoms with Gasteiger partial charge in [-0.15, -0.1) is 0 Å². The van der Waals surface area contributed by atoms with Crippen molar-refractivity contribution in [1.82, 2.24) is 9.80 Å². The molecule has 2 aromatic rings. The van der Waals surface area contributed by atoms with E-state index in [2.05, 4.69) is 23.1 Å². The summed E-state index contributed by atoms with van der Waals surface area (Å²) in [4.78, 5) is 16.6. The zero-order valence-electron chi connectivity index (χ0n) is 14.8.